The van der Waals surface area contributed by atoms with Gasteiger partial charge >= 0.3 is 0 Å². The summed E-state index contributed by atoms with van der Waals surface area (Å²) in [6.07, 6.45) is 0. The molecule has 0 fully saturated rings. The number of halogens is 1. The fourth-order valence-electron chi connectivity index (χ4n) is 2.07. The average molecular weight is 377 g/mol. The van der Waals surface area contributed by atoms with Gasteiger partial charge in [-0.3, -0.25) is 9.69 Å². The van der Waals surface area contributed by atoms with Crippen LogP contribution < -0.4 is 10.1 Å². The van der Waals surface area contributed by atoms with Crippen LogP contribution in [0.25, 0.3) is 0 Å². The first-order chi connectivity index (χ1) is 11.0. The van der Waals surface area contributed by atoms with Gasteiger partial charge in [0.2, 0.25) is 5.91 Å². The molecule has 23 heavy (non-hydrogen) atoms. The van der Waals surface area contributed by atoms with Crippen LogP contribution in [0, 0.1) is 6.92 Å². The Morgan fingerprint density at radius 1 is 1.22 bits per heavy atom. The first-order valence-electron chi connectivity index (χ1n) is 7.47. The first-order valence-corrected chi connectivity index (χ1v) is 8.26. The highest BCUT2D eigenvalue weighted by atomic mass is 79.9. The molecule has 2 aromatic rings. The Morgan fingerprint density at radius 2 is 1.96 bits per heavy atom. The zero-order valence-electron chi connectivity index (χ0n) is 13.4. The van der Waals surface area contributed by atoms with Crippen LogP contribution in [-0.2, 0) is 4.79 Å². The molecule has 0 unspecified atom stereocenters. The molecule has 0 bridgehead atoms. The van der Waals surface area contributed by atoms with Crippen LogP contribution in [0.4, 0.5) is 5.69 Å². The summed E-state index contributed by atoms with van der Waals surface area (Å²) in [6, 6.07) is 15.5. The van der Waals surface area contributed by atoms with E-state index in [1.165, 1.54) is 0 Å². The van der Waals surface area contributed by atoms with E-state index in [0.717, 1.165) is 21.5 Å². The molecule has 0 aliphatic rings. The molecule has 4 nitrogen and oxygen atoms in total. The molecule has 2 rings (SSSR count). The lowest BCUT2D eigenvalue weighted by atomic mass is 10.2. The topological polar surface area (TPSA) is 41.6 Å². The molecule has 2 aromatic carbocycles. The highest BCUT2D eigenvalue weighted by Gasteiger charge is 2.09. The van der Waals surface area contributed by atoms with Crippen LogP contribution in [0.2, 0.25) is 0 Å². The smallest absolute Gasteiger partial charge is 0.238 e. The summed E-state index contributed by atoms with van der Waals surface area (Å²) in [5, 5.41) is 2.91. The van der Waals surface area contributed by atoms with Gasteiger partial charge in [-0.2, -0.15) is 0 Å². The Labute approximate surface area is 145 Å². The number of nitrogens with one attached hydrogen (secondary N) is 1. The Balaban J connectivity index is 1.74. The van der Waals surface area contributed by atoms with Crippen molar-refractivity contribution in [1.82, 2.24) is 4.90 Å². The van der Waals surface area contributed by atoms with Crippen LogP contribution in [-0.4, -0.2) is 37.6 Å². The third-order valence-electron chi connectivity index (χ3n) is 3.30. The van der Waals surface area contributed by atoms with Crippen LogP contribution >= 0.6 is 15.9 Å². The zero-order chi connectivity index (χ0) is 16.7. The van der Waals surface area contributed by atoms with Crippen molar-refractivity contribution in [3.63, 3.8) is 0 Å². The van der Waals surface area contributed by atoms with E-state index in [4.69, 9.17) is 4.74 Å². The van der Waals surface area contributed by atoms with Crippen molar-refractivity contribution < 1.29 is 9.53 Å². The van der Waals surface area contributed by atoms with Crippen molar-refractivity contribution in [2.75, 3.05) is 32.1 Å². The maximum absolute atomic E-state index is 12.1. The largest absolute Gasteiger partial charge is 0.492 e. The third-order valence-corrected chi connectivity index (χ3v) is 3.95. The summed E-state index contributed by atoms with van der Waals surface area (Å²) in [5.74, 6) is 0.797. The zero-order valence-corrected chi connectivity index (χ0v) is 15.0. The lowest BCUT2D eigenvalue weighted by Gasteiger charge is -2.17. The minimum Gasteiger partial charge on any atom is -0.492 e. The number of amides is 1. The minimum atomic E-state index is -0.0447. The van der Waals surface area contributed by atoms with Gasteiger partial charge in [-0.1, -0.05) is 24.3 Å². The summed E-state index contributed by atoms with van der Waals surface area (Å²) in [5.41, 5.74) is 1.93. The normalized spacial score (nSPS) is 10.6. The Morgan fingerprint density at radius 3 is 2.65 bits per heavy atom. The fourth-order valence-corrected chi connectivity index (χ4v) is 2.66. The van der Waals surface area contributed by atoms with Crippen molar-refractivity contribution in [1.29, 1.82) is 0 Å². The van der Waals surface area contributed by atoms with Crippen molar-refractivity contribution in [2.45, 2.75) is 6.92 Å². The summed E-state index contributed by atoms with van der Waals surface area (Å²) in [6.45, 7) is 3.55. The van der Waals surface area contributed by atoms with E-state index in [2.05, 4.69) is 21.2 Å². The quantitative estimate of drug-likeness (QED) is 0.800. The van der Waals surface area contributed by atoms with Gasteiger partial charge in [0.05, 0.1) is 12.2 Å². The number of ether oxygens (including phenoxy) is 1. The second kappa shape index (κ2) is 8.70. The predicted molar refractivity (Wildman–Crippen MR) is 96.9 cm³/mol. The standard InChI is InChI=1S/C18H21BrN2O2/c1-14-8-9-17(16(19)12-14)20-18(22)13-21(2)10-11-23-15-6-4-3-5-7-15/h3-9,12H,10-11,13H2,1-2H3,(H,20,22). The maximum Gasteiger partial charge on any atom is 0.238 e. The first kappa shape index (κ1) is 17.5. The average Bonchev–Trinajstić information content (AvgIpc) is 2.51. The highest BCUT2D eigenvalue weighted by molar-refractivity contribution is 9.10. The van der Waals surface area contributed by atoms with Gasteiger partial charge in [-0.05, 0) is 59.7 Å². The molecule has 0 aliphatic heterocycles. The summed E-state index contributed by atoms with van der Waals surface area (Å²) < 4.78 is 6.52. The second-order valence-electron chi connectivity index (χ2n) is 5.43. The molecular weight excluding hydrogens is 356 g/mol. The fraction of sp³-hybridized carbons (Fsp3) is 0.278. The van der Waals surface area contributed by atoms with Crippen LogP contribution in [0.3, 0.4) is 0 Å². The van der Waals surface area contributed by atoms with Crippen LogP contribution in [0.1, 0.15) is 5.56 Å². The van der Waals surface area contributed by atoms with E-state index < -0.39 is 0 Å². The number of hydrogen-bond acceptors (Lipinski definition) is 3. The second-order valence-corrected chi connectivity index (χ2v) is 6.29. The molecule has 0 aromatic heterocycles. The number of hydrogen-bond donors (Lipinski definition) is 1. The molecule has 0 heterocycles. The number of anilines is 1. The molecular formula is C18H21BrN2O2. The van der Waals surface area contributed by atoms with Gasteiger partial charge in [0.15, 0.2) is 0 Å². The molecule has 122 valence electrons. The highest BCUT2D eigenvalue weighted by Crippen LogP contribution is 2.23. The van der Waals surface area contributed by atoms with E-state index in [1.54, 1.807) is 0 Å². The molecule has 0 atom stereocenters. The van der Waals surface area contributed by atoms with Crippen LogP contribution in [0.5, 0.6) is 5.75 Å². The lowest BCUT2D eigenvalue weighted by Crippen LogP contribution is -2.33. The van der Waals surface area contributed by atoms with Gasteiger partial charge in [0.25, 0.3) is 0 Å². The number of carbonyl (C=O) groups is 1. The molecule has 0 spiro atoms. The number of nitrogens with zero attached hydrogens (tertiary/aromatic N) is 1. The minimum absolute atomic E-state index is 0.0447. The molecule has 0 aliphatic carbocycles. The van der Waals surface area contributed by atoms with Crippen molar-refractivity contribution >= 4 is 27.5 Å². The molecule has 1 N–H and O–H groups in total. The Hall–Kier alpha value is -1.85. The predicted octanol–water partition coefficient (Wildman–Crippen LogP) is 3.71. The van der Waals surface area contributed by atoms with Gasteiger partial charge in [-0.25, -0.2) is 0 Å². The monoisotopic (exact) mass is 376 g/mol. The summed E-state index contributed by atoms with van der Waals surface area (Å²) >= 11 is 3.46. The van der Waals surface area contributed by atoms with Crippen LogP contribution in [0.15, 0.2) is 53.0 Å². The van der Waals surface area contributed by atoms with Crippen molar-refractivity contribution in [3.8, 4) is 5.75 Å². The molecule has 0 radical (unpaired) electrons. The number of rotatable bonds is 7. The Kier molecular flexibility index (Phi) is 6.62. The number of benzene rings is 2. The van der Waals surface area contributed by atoms with Gasteiger partial charge in [0, 0.05) is 11.0 Å². The van der Waals surface area contributed by atoms with E-state index >= 15 is 0 Å². The number of likely N-dealkylation sites (N-methyl/N-ethyl adjacent to an activating group) is 1. The summed E-state index contributed by atoms with van der Waals surface area (Å²) in [7, 11) is 1.90. The molecule has 1 amide bonds. The van der Waals surface area contributed by atoms with Crippen molar-refractivity contribution in [3.05, 3.63) is 58.6 Å². The Bertz CT molecular complexity index is 647. The van der Waals surface area contributed by atoms with Gasteiger partial charge < -0.3 is 10.1 Å². The van der Waals surface area contributed by atoms with Gasteiger partial charge in [0.1, 0.15) is 12.4 Å². The van der Waals surface area contributed by atoms with Gasteiger partial charge in [-0.15, -0.1) is 0 Å². The lowest BCUT2D eigenvalue weighted by molar-refractivity contribution is -0.117. The maximum atomic E-state index is 12.1. The third kappa shape index (κ3) is 6.04. The van der Waals surface area contributed by atoms with E-state index in [9.17, 15) is 4.79 Å². The van der Waals surface area contributed by atoms with E-state index in [0.29, 0.717) is 19.7 Å². The SMILES string of the molecule is Cc1ccc(NC(=O)CN(C)CCOc2ccccc2)c(Br)c1. The van der Waals surface area contributed by atoms with Crippen molar-refractivity contribution in [2.24, 2.45) is 0 Å². The number of carbonyl (C=O) groups excluding carboxylic acids is 1. The summed E-state index contributed by atoms with van der Waals surface area (Å²) in [4.78, 5) is 14.0. The number of aryl methyl sites for hydroxylation is 1. The number of para-hydroxylation sites is 1. The molecule has 0 saturated heterocycles. The molecule has 0 saturated carbocycles. The van der Waals surface area contributed by atoms with E-state index in [1.807, 2.05) is 67.4 Å². The molecule has 5 heteroatoms. The van der Waals surface area contributed by atoms with E-state index in [-0.39, 0.29) is 5.91 Å².